The van der Waals surface area contributed by atoms with E-state index in [0.29, 0.717) is 11.6 Å². The first-order valence-corrected chi connectivity index (χ1v) is 15.2. The molecule has 0 unspecified atom stereocenters. The van der Waals surface area contributed by atoms with Gasteiger partial charge in [0.25, 0.3) is 0 Å². The minimum Gasteiger partial charge on any atom is -0.480 e. The molecule has 3 N–H and O–H groups in total. The van der Waals surface area contributed by atoms with Crippen molar-refractivity contribution in [3.63, 3.8) is 0 Å². The topological polar surface area (TPSA) is 132 Å². The van der Waals surface area contributed by atoms with Crippen LogP contribution in [0.15, 0.2) is 41.3 Å². The smallest absolute Gasteiger partial charge is 0.326 e. The average Bonchev–Trinajstić information content (AvgIpc) is 2.87. The van der Waals surface area contributed by atoms with Gasteiger partial charge in [0.2, 0.25) is 15.9 Å². The van der Waals surface area contributed by atoms with Crippen LogP contribution in [0.5, 0.6) is 0 Å². The van der Waals surface area contributed by atoms with Crippen LogP contribution in [0.25, 0.3) is 0 Å². The second-order valence-corrected chi connectivity index (χ2v) is 12.6. The molecule has 1 saturated heterocycles. The van der Waals surface area contributed by atoms with E-state index in [0.717, 1.165) is 56.7 Å². The SMILES string of the molecule is CN(CCCCc1ccc2c(n1)NCCC2)CC[C@H](NC(=O)C1CN(S(=O)(=O)c2cccc(Cl)c2)C1)C(=O)O. The third-order valence-electron chi connectivity index (χ3n) is 7.24. The number of aryl methyl sites for hydroxylation is 2. The number of hydrogen-bond acceptors (Lipinski definition) is 7. The number of hydrogen-bond donors (Lipinski definition) is 3. The molecule has 2 aliphatic heterocycles. The maximum atomic E-state index is 12.7. The summed E-state index contributed by atoms with van der Waals surface area (Å²) in [7, 11) is -1.82. The number of carboxylic acid groups (broad SMARTS) is 1. The van der Waals surface area contributed by atoms with Gasteiger partial charge >= 0.3 is 5.97 Å². The Labute approximate surface area is 234 Å². The van der Waals surface area contributed by atoms with Crippen molar-refractivity contribution < 1.29 is 23.1 Å². The molecule has 2 aromatic rings. The van der Waals surface area contributed by atoms with Crippen molar-refractivity contribution in [2.45, 2.75) is 49.5 Å². The van der Waals surface area contributed by atoms with Crippen molar-refractivity contribution >= 4 is 39.3 Å². The summed E-state index contributed by atoms with van der Waals surface area (Å²) in [6.45, 7) is 2.29. The van der Waals surface area contributed by atoms with Gasteiger partial charge in [0.15, 0.2) is 0 Å². The number of amides is 1. The highest BCUT2D eigenvalue weighted by Crippen LogP contribution is 2.27. The first kappa shape index (κ1) is 29.3. The number of carbonyl (C=O) groups excluding carboxylic acids is 1. The molecule has 0 saturated carbocycles. The zero-order valence-electron chi connectivity index (χ0n) is 22.1. The van der Waals surface area contributed by atoms with Gasteiger partial charge in [0.1, 0.15) is 11.9 Å². The number of aromatic nitrogens is 1. The summed E-state index contributed by atoms with van der Waals surface area (Å²) >= 11 is 5.91. The number of anilines is 1. The Bertz CT molecular complexity index is 1290. The Kier molecular flexibility index (Phi) is 9.81. The molecule has 1 atom stereocenters. The van der Waals surface area contributed by atoms with Gasteiger partial charge in [-0.1, -0.05) is 23.7 Å². The minimum absolute atomic E-state index is 0.00205. The van der Waals surface area contributed by atoms with E-state index in [1.54, 1.807) is 12.1 Å². The van der Waals surface area contributed by atoms with E-state index < -0.39 is 33.9 Å². The largest absolute Gasteiger partial charge is 0.480 e. The summed E-state index contributed by atoms with van der Waals surface area (Å²) in [5.74, 6) is -1.14. The van der Waals surface area contributed by atoms with Gasteiger partial charge in [-0.05, 0) is 81.9 Å². The van der Waals surface area contributed by atoms with Crippen LogP contribution >= 0.6 is 11.6 Å². The molecule has 39 heavy (non-hydrogen) atoms. The first-order chi connectivity index (χ1) is 18.6. The Balaban J connectivity index is 1.16. The monoisotopic (exact) mass is 577 g/mol. The Morgan fingerprint density at radius 3 is 2.77 bits per heavy atom. The third-order valence-corrected chi connectivity index (χ3v) is 9.30. The van der Waals surface area contributed by atoms with Crippen molar-refractivity contribution in [2.75, 3.05) is 45.1 Å². The molecule has 3 heterocycles. The van der Waals surface area contributed by atoms with Crippen molar-refractivity contribution in [3.8, 4) is 0 Å². The van der Waals surface area contributed by atoms with Crippen LogP contribution in [0.2, 0.25) is 5.02 Å². The van der Waals surface area contributed by atoms with Gasteiger partial charge in [-0.25, -0.2) is 18.2 Å². The lowest BCUT2D eigenvalue weighted by Gasteiger charge is -2.37. The third kappa shape index (κ3) is 7.69. The highest BCUT2D eigenvalue weighted by atomic mass is 35.5. The fraction of sp³-hybridized carbons (Fsp3) is 0.519. The second-order valence-electron chi connectivity index (χ2n) is 10.3. The molecule has 1 aromatic carbocycles. The summed E-state index contributed by atoms with van der Waals surface area (Å²) in [5, 5.41) is 15.9. The molecular formula is C27H36ClN5O5S. The summed E-state index contributed by atoms with van der Waals surface area (Å²) in [6, 6.07) is 9.18. The van der Waals surface area contributed by atoms with Crippen LogP contribution in [0, 0.1) is 5.92 Å². The number of unbranched alkanes of at least 4 members (excludes halogenated alkanes) is 1. The van der Waals surface area contributed by atoms with Gasteiger partial charge in [-0.2, -0.15) is 4.31 Å². The molecule has 0 radical (unpaired) electrons. The lowest BCUT2D eigenvalue weighted by molar-refractivity contribution is -0.143. The fourth-order valence-electron chi connectivity index (χ4n) is 4.78. The van der Waals surface area contributed by atoms with Crippen molar-refractivity contribution in [2.24, 2.45) is 5.92 Å². The number of nitrogens with one attached hydrogen (secondary N) is 2. The molecular weight excluding hydrogens is 542 g/mol. The highest BCUT2D eigenvalue weighted by Gasteiger charge is 2.41. The normalized spacial score (nSPS) is 16.7. The first-order valence-electron chi connectivity index (χ1n) is 13.3. The molecule has 0 aliphatic carbocycles. The number of carbonyl (C=O) groups is 2. The van der Waals surface area contributed by atoms with E-state index in [4.69, 9.17) is 16.6 Å². The molecule has 12 heteroatoms. The summed E-state index contributed by atoms with van der Waals surface area (Å²) in [4.78, 5) is 31.3. The van der Waals surface area contributed by atoms with Crippen LogP contribution in [-0.2, 0) is 32.5 Å². The van der Waals surface area contributed by atoms with Gasteiger partial charge in [0.05, 0.1) is 10.8 Å². The predicted octanol–water partition coefficient (Wildman–Crippen LogP) is 2.63. The van der Waals surface area contributed by atoms with Gasteiger partial charge in [-0.3, -0.25) is 4.79 Å². The number of nitrogens with zero attached hydrogens (tertiary/aromatic N) is 3. The lowest BCUT2D eigenvalue weighted by Crippen LogP contribution is -2.57. The summed E-state index contributed by atoms with van der Waals surface area (Å²) in [5.41, 5.74) is 2.36. The van der Waals surface area contributed by atoms with Crippen LogP contribution < -0.4 is 10.6 Å². The zero-order chi connectivity index (χ0) is 28.0. The summed E-state index contributed by atoms with van der Waals surface area (Å²) in [6.07, 6.45) is 5.29. The number of carboxylic acids is 1. The molecule has 10 nitrogen and oxygen atoms in total. The number of pyridine rings is 1. The Morgan fingerprint density at radius 1 is 1.23 bits per heavy atom. The average molecular weight is 578 g/mol. The molecule has 1 aromatic heterocycles. The van der Waals surface area contributed by atoms with Crippen LogP contribution in [0.4, 0.5) is 5.82 Å². The van der Waals surface area contributed by atoms with E-state index in [1.165, 1.54) is 22.0 Å². The molecule has 0 spiro atoms. The molecule has 2 aliphatic rings. The molecule has 212 valence electrons. The number of benzene rings is 1. The van der Waals surface area contributed by atoms with E-state index in [2.05, 4.69) is 27.7 Å². The Hall–Kier alpha value is -2.73. The van der Waals surface area contributed by atoms with Crippen LogP contribution in [-0.4, -0.2) is 85.4 Å². The maximum absolute atomic E-state index is 12.7. The molecule has 1 fully saturated rings. The second kappa shape index (κ2) is 13.1. The minimum atomic E-state index is -3.75. The molecule has 1 amide bonds. The lowest BCUT2D eigenvalue weighted by atomic mass is 10.0. The highest BCUT2D eigenvalue weighted by molar-refractivity contribution is 7.89. The number of fused-ring (bicyclic) bond motifs is 1. The van der Waals surface area contributed by atoms with Crippen LogP contribution in [0.3, 0.4) is 0 Å². The van der Waals surface area contributed by atoms with Crippen LogP contribution in [0.1, 0.15) is 36.9 Å². The van der Waals surface area contributed by atoms with E-state index in [9.17, 15) is 23.1 Å². The molecule has 0 bridgehead atoms. The molecule has 4 rings (SSSR count). The van der Waals surface area contributed by atoms with Gasteiger partial charge in [0, 0.05) is 36.9 Å². The van der Waals surface area contributed by atoms with Crippen molar-refractivity contribution in [3.05, 3.63) is 52.7 Å². The van der Waals surface area contributed by atoms with E-state index in [1.807, 2.05) is 7.05 Å². The van der Waals surface area contributed by atoms with Gasteiger partial charge in [-0.15, -0.1) is 0 Å². The number of rotatable bonds is 13. The number of aliphatic carboxylic acids is 1. The quantitative estimate of drug-likeness (QED) is 0.310. The number of sulfonamides is 1. The summed E-state index contributed by atoms with van der Waals surface area (Å²) < 4.78 is 26.6. The van der Waals surface area contributed by atoms with E-state index >= 15 is 0 Å². The zero-order valence-corrected chi connectivity index (χ0v) is 23.7. The Morgan fingerprint density at radius 2 is 2.03 bits per heavy atom. The van der Waals surface area contributed by atoms with E-state index in [-0.39, 0.29) is 24.4 Å². The van der Waals surface area contributed by atoms with Crippen molar-refractivity contribution in [1.82, 2.24) is 19.5 Å². The standard InChI is InChI=1S/C27H36ClN5O5S/c1-32(14-3-2-8-22-11-10-19-6-5-13-29-25(19)30-22)15-12-24(27(35)36)31-26(34)20-17-33(18-20)39(37,38)23-9-4-7-21(28)16-23/h4,7,9-11,16,20,24H,2-3,5-6,8,12-15,17-18H2,1H3,(H,29,30)(H,31,34)(H,35,36)/t24-/m0/s1. The number of halogens is 1. The van der Waals surface area contributed by atoms with Crippen molar-refractivity contribution in [1.29, 1.82) is 0 Å². The fourth-order valence-corrected chi connectivity index (χ4v) is 6.61. The predicted molar refractivity (Wildman–Crippen MR) is 149 cm³/mol. The maximum Gasteiger partial charge on any atom is 0.326 e. The van der Waals surface area contributed by atoms with Gasteiger partial charge < -0.3 is 20.6 Å².